The molecule has 3 atom stereocenters. The number of likely N-dealkylation sites (tertiary alicyclic amines) is 1. The lowest BCUT2D eigenvalue weighted by molar-refractivity contribution is 0.115. The number of nitrogens with zero attached hydrogens (tertiary/aromatic N) is 1. The van der Waals surface area contributed by atoms with Crippen LogP contribution in [-0.2, 0) is 0 Å². The molecule has 0 aliphatic carbocycles. The van der Waals surface area contributed by atoms with E-state index in [-0.39, 0.29) is 18.2 Å². The van der Waals surface area contributed by atoms with E-state index in [0.717, 1.165) is 26.1 Å². The molecule has 3 unspecified atom stereocenters. The highest BCUT2D eigenvalue weighted by molar-refractivity contribution is 4.73. The summed E-state index contributed by atoms with van der Waals surface area (Å²) in [4.78, 5) is 2.31. The van der Waals surface area contributed by atoms with Crippen molar-refractivity contribution < 1.29 is 10.2 Å². The van der Waals surface area contributed by atoms with E-state index in [0.29, 0.717) is 6.54 Å². The van der Waals surface area contributed by atoms with Crippen LogP contribution in [0.2, 0.25) is 0 Å². The third-order valence-corrected chi connectivity index (χ3v) is 3.06. The van der Waals surface area contributed by atoms with Crippen molar-refractivity contribution in [3.8, 4) is 0 Å². The molecule has 1 saturated heterocycles. The second-order valence-electron chi connectivity index (χ2n) is 5.06. The zero-order valence-electron chi connectivity index (χ0n) is 10.5. The SMILES string of the molecule is CC(O)CC(C)NCC(O)CN1CCCC1. The van der Waals surface area contributed by atoms with Crippen molar-refractivity contribution in [1.82, 2.24) is 10.2 Å². The Balaban J connectivity index is 2.06. The topological polar surface area (TPSA) is 55.7 Å². The van der Waals surface area contributed by atoms with Gasteiger partial charge in [0.05, 0.1) is 12.2 Å². The highest BCUT2D eigenvalue weighted by Gasteiger charge is 2.16. The highest BCUT2D eigenvalue weighted by Crippen LogP contribution is 2.07. The number of β-amino-alcohol motifs (C(OH)–C–C–N with tert-alkyl or cyclic N) is 1. The first-order chi connectivity index (χ1) is 7.58. The van der Waals surface area contributed by atoms with Crippen molar-refractivity contribution in [3.05, 3.63) is 0 Å². The fraction of sp³-hybridized carbons (Fsp3) is 1.00. The average molecular weight is 230 g/mol. The summed E-state index contributed by atoms with van der Waals surface area (Å²) in [7, 11) is 0. The first-order valence-corrected chi connectivity index (χ1v) is 6.40. The van der Waals surface area contributed by atoms with Gasteiger partial charge in [-0.3, -0.25) is 0 Å². The molecule has 96 valence electrons. The van der Waals surface area contributed by atoms with E-state index in [2.05, 4.69) is 10.2 Å². The number of hydrogen-bond acceptors (Lipinski definition) is 4. The van der Waals surface area contributed by atoms with Gasteiger partial charge in [-0.05, 0) is 46.2 Å². The van der Waals surface area contributed by atoms with Crippen LogP contribution in [0.4, 0.5) is 0 Å². The van der Waals surface area contributed by atoms with Crippen LogP contribution in [0.3, 0.4) is 0 Å². The number of aliphatic hydroxyl groups excluding tert-OH is 2. The molecule has 0 bridgehead atoms. The fourth-order valence-corrected chi connectivity index (χ4v) is 2.26. The van der Waals surface area contributed by atoms with Crippen LogP contribution in [0.15, 0.2) is 0 Å². The molecule has 0 spiro atoms. The lowest BCUT2D eigenvalue weighted by Crippen LogP contribution is -2.40. The van der Waals surface area contributed by atoms with E-state index < -0.39 is 0 Å². The average Bonchev–Trinajstić information content (AvgIpc) is 2.66. The minimum atomic E-state index is -0.297. The van der Waals surface area contributed by atoms with Gasteiger partial charge >= 0.3 is 0 Å². The summed E-state index contributed by atoms with van der Waals surface area (Å²) in [5.41, 5.74) is 0. The van der Waals surface area contributed by atoms with Gasteiger partial charge in [0.1, 0.15) is 0 Å². The predicted molar refractivity (Wildman–Crippen MR) is 65.4 cm³/mol. The molecule has 1 rings (SSSR count). The molecule has 1 heterocycles. The van der Waals surface area contributed by atoms with E-state index in [9.17, 15) is 10.2 Å². The molecular weight excluding hydrogens is 204 g/mol. The Bertz CT molecular complexity index is 182. The van der Waals surface area contributed by atoms with Gasteiger partial charge in [-0.15, -0.1) is 0 Å². The van der Waals surface area contributed by atoms with E-state index in [1.807, 2.05) is 6.92 Å². The molecule has 0 aromatic heterocycles. The minimum Gasteiger partial charge on any atom is -0.393 e. The summed E-state index contributed by atoms with van der Waals surface area (Å²) in [6, 6.07) is 0.258. The lowest BCUT2D eigenvalue weighted by atomic mass is 10.1. The third kappa shape index (κ3) is 5.80. The van der Waals surface area contributed by atoms with Crippen LogP contribution in [-0.4, -0.2) is 59.5 Å². The number of nitrogens with one attached hydrogen (secondary N) is 1. The Morgan fingerprint density at radius 1 is 1.19 bits per heavy atom. The molecular formula is C12H26N2O2. The number of hydrogen-bond donors (Lipinski definition) is 3. The molecule has 4 nitrogen and oxygen atoms in total. The predicted octanol–water partition coefficient (Wildman–Crippen LogP) is 0.192. The van der Waals surface area contributed by atoms with Crippen molar-refractivity contribution in [2.75, 3.05) is 26.2 Å². The maximum atomic E-state index is 9.83. The van der Waals surface area contributed by atoms with Gasteiger partial charge in [0.25, 0.3) is 0 Å². The van der Waals surface area contributed by atoms with Crippen LogP contribution in [0.25, 0.3) is 0 Å². The summed E-state index contributed by atoms with van der Waals surface area (Å²) >= 11 is 0. The molecule has 0 saturated carbocycles. The molecule has 1 fully saturated rings. The van der Waals surface area contributed by atoms with Crippen LogP contribution in [0, 0.1) is 0 Å². The summed E-state index contributed by atoms with van der Waals surface area (Å²) < 4.78 is 0. The maximum absolute atomic E-state index is 9.83. The van der Waals surface area contributed by atoms with Gasteiger partial charge in [-0.1, -0.05) is 0 Å². The molecule has 1 aliphatic heterocycles. The van der Waals surface area contributed by atoms with Crippen LogP contribution in [0.5, 0.6) is 0 Å². The zero-order chi connectivity index (χ0) is 12.0. The van der Waals surface area contributed by atoms with Crippen LogP contribution >= 0.6 is 0 Å². The summed E-state index contributed by atoms with van der Waals surface area (Å²) in [5.74, 6) is 0. The smallest absolute Gasteiger partial charge is 0.0791 e. The van der Waals surface area contributed by atoms with E-state index in [1.54, 1.807) is 6.92 Å². The molecule has 0 amide bonds. The lowest BCUT2D eigenvalue weighted by Gasteiger charge is -2.22. The minimum absolute atomic E-state index is 0.258. The Morgan fingerprint density at radius 2 is 1.81 bits per heavy atom. The second-order valence-corrected chi connectivity index (χ2v) is 5.06. The normalized spacial score (nSPS) is 23.2. The summed E-state index contributed by atoms with van der Waals surface area (Å²) in [5, 5.41) is 22.3. The highest BCUT2D eigenvalue weighted by atomic mass is 16.3. The van der Waals surface area contributed by atoms with Crippen molar-refractivity contribution >= 4 is 0 Å². The molecule has 0 aromatic rings. The Kier molecular flexibility index (Phi) is 6.28. The quantitative estimate of drug-likeness (QED) is 0.584. The van der Waals surface area contributed by atoms with Gasteiger partial charge in [0.15, 0.2) is 0 Å². The summed E-state index contributed by atoms with van der Waals surface area (Å²) in [6.45, 7) is 7.47. The zero-order valence-corrected chi connectivity index (χ0v) is 10.5. The Hall–Kier alpha value is -0.160. The van der Waals surface area contributed by atoms with E-state index in [4.69, 9.17) is 0 Å². The third-order valence-electron chi connectivity index (χ3n) is 3.06. The van der Waals surface area contributed by atoms with Crippen molar-refractivity contribution in [2.45, 2.75) is 51.4 Å². The molecule has 3 N–H and O–H groups in total. The van der Waals surface area contributed by atoms with Crippen molar-refractivity contribution in [1.29, 1.82) is 0 Å². The molecule has 4 heteroatoms. The van der Waals surface area contributed by atoms with E-state index in [1.165, 1.54) is 12.8 Å². The van der Waals surface area contributed by atoms with Gasteiger partial charge in [-0.25, -0.2) is 0 Å². The van der Waals surface area contributed by atoms with Gasteiger partial charge in [0, 0.05) is 19.1 Å². The van der Waals surface area contributed by atoms with Gasteiger partial charge < -0.3 is 20.4 Å². The Morgan fingerprint density at radius 3 is 2.38 bits per heavy atom. The van der Waals surface area contributed by atoms with Gasteiger partial charge in [0.2, 0.25) is 0 Å². The largest absolute Gasteiger partial charge is 0.393 e. The number of aliphatic hydroxyl groups is 2. The van der Waals surface area contributed by atoms with Crippen molar-refractivity contribution in [3.63, 3.8) is 0 Å². The van der Waals surface area contributed by atoms with E-state index >= 15 is 0 Å². The fourth-order valence-electron chi connectivity index (χ4n) is 2.26. The number of rotatable bonds is 7. The summed E-state index contributed by atoms with van der Waals surface area (Å²) in [6.07, 6.45) is 2.68. The van der Waals surface area contributed by atoms with Crippen molar-refractivity contribution in [2.24, 2.45) is 0 Å². The molecule has 0 aromatic carbocycles. The van der Waals surface area contributed by atoms with Crippen LogP contribution in [0.1, 0.15) is 33.1 Å². The second kappa shape index (κ2) is 7.22. The van der Waals surface area contributed by atoms with Gasteiger partial charge in [-0.2, -0.15) is 0 Å². The first-order valence-electron chi connectivity index (χ1n) is 6.40. The molecule has 16 heavy (non-hydrogen) atoms. The Labute approximate surface area is 98.6 Å². The first kappa shape index (κ1) is 13.9. The van der Waals surface area contributed by atoms with Crippen LogP contribution < -0.4 is 5.32 Å². The molecule has 0 radical (unpaired) electrons. The monoisotopic (exact) mass is 230 g/mol. The maximum Gasteiger partial charge on any atom is 0.0791 e. The molecule has 1 aliphatic rings. The standard InChI is InChI=1S/C12H26N2O2/c1-10(7-11(2)15)13-8-12(16)9-14-5-3-4-6-14/h10-13,15-16H,3-9H2,1-2H3.